The second-order valence-electron chi connectivity index (χ2n) is 6.15. The van der Waals surface area contributed by atoms with Crippen LogP contribution in [0.2, 0.25) is 0 Å². The van der Waals surface area contributed by atoms with E-state index in [9.17, 15) is 13.6 Å². The number of halogens is 2. The van der Waals surface area contributed by atoms with Crippen molar-refractivity contribution >= 4 is 22.7 Å². The molecule has 1 heterocycles. The van der Waals surface area contributed by atoms with Gasteiger partial charge in [0.2, 0.25) is 0 Å². The molecule has 0 saturated heterocycles. The fraction of sp³-hybridized carbons (Fsp3) is 0.250. The monoisotopic (exact) mass is 386 g/mol. The predicted molar refractivity (Wildman–Crippen MR) is 103 cm³/mol. The van der Waals surface area contributed by atoms with E-state index in [-0.39, 0.29) is 11.7 Å². The molecule has 0 spiro atoms. The van der Waals surface area contributed by atoms with Crippen LogP contribution in [0.25, 0.3) is 11.0 Å². The lowest BCUT2D eigenvalue weighted by Crippen LogP contribution is -2.19. The number of nitrogens with zero attached hydrogens (tertiary/aromatic N) is 3. The minimum absolute atomic E-state index is 0.0608. The number of amides is 1. The van der Waals surface area contributed by atoms with E-state index in [1.54, 1.807) is 31.2 Å². The standard InChI is InChI=1S/C20H20F2N4O2/c1-4-26-13(3)23-17-11-15(7-10-18(17)26)19(27)25-24-12(2)14-5-8-16(9-6-14)28-20(21)22/h5-11,20H,4H2,1-3H3,(H,25,27)/b24-12+. The van der Waals surface area contributed by atoms with E-state index in [1.165, 1.54) is 12.1 Å². The summed E-state index contributed by atoms with van der Waals surface area (Å²) in [6.07, 6.45) is 0. The molecule has 2 aromatic carbocycles. The molecule has 1 N–H and O–H groups in total. The van der Waals surface area contributed by atoms with Crippen molar-refractivity contribution in [3.8, 4) is 5.75 Å². The van der Waals surface area contributed by atoms with Crippen molar-refractivity contribution in [1.82, 2.24) is 15.0 Å². The second-order valence-corrected chi connectivity index (χ2v) is 6.15. The molecule has 6 nitrogen and oxygen atoms in total. The molecule has 0 radical (unpaired) electrons. The Morgan fingerprint density at radius 1 is 1.21 bits per heavy atom. The smallest absolute Gasteiger partial charge is 0.387 e. The summed E-state index contributed by atoms with van der Waals surface area (Å²) in [5.41, 5.74) is 5.89. The molecular formula is C20H20F2N4O2. The van der Waals surface area contributed by atoms with E-state index in [2.05, 4.69) is 24.8 Å². The molecule has 146 valence electrons. The van der Waals surface area contributed by atoms with E-state index < -0.39 is 6.61 Å². The van der Waals surface area contributed by atoms with Gasteiger partial charge in [-0.2, -0.15) is 13.9 Å². The number of carbonyl (C=O) groups is 1. The van der Waals surface area contributed by atoms with Gasteiger partial charge < -0.3 is 9.30 Å². The summed E-state index contributed by atoms with van der Waals surface area (Å²) in [7, 11) is 0. The van der Waals surface area contributed by atoms with Gasteiger partial charge in [0.05, 0.1) is 16.7 Å². The van der Waals surface area contributed by atoms with Crippen molar-refractivity contribution in [3.05, 3.63) is 59.4 Å². The van der Waals surface area contributed by atoms with Gasteiger partial charge in [0.25, 0.3) is 5.91 Å². The van der Waals surface area contributed by atoms with Crippen molar-refractivity contribution in [2.75, 3.05) is 0 Å². The van der Waals surface area contributed by atoms with Gasteiger partial charge in [-0.25, -0.2) is 10.4 Å². The number of aryl methyl sites for hydroxylation is 2. The Labute approximate surface area is 160 Å². The SMILES string of the molecule is CCn1c(C)nc2cc(C(=O)N/N=C(\C)c3ccc(OC(F)F)cc3)ccc21. The maximum Gasteiger partial charge on any atom is 0.387 e. The summed E-state index contributed by atoms with van der Waals surface area (Å²) in [6.45, 7) is 3.61. The van der Waals surface area contributed by atoms with Crippen LogP contribution in [0.15, 0.2) is 47.6 Å². The van der Waals surface area contributed by atoms with Crippen LogP contribution >= 0.6 is 0 Å². The fourth-order valence-corrected chi connectivity index (χ4v) is 2.93. The van der Waals surface area contributed by atoms with Gasteiger partial charge in [-0.3, -0.25) is 4.79 Å². The van der Waals surface area contributed by atoms with Crippen molar-refractivity contribution in [2.24, 2.45) is 5.10 Å². The summed E-state index contributed by atoms with van der Waals surface area (Å²) >= 11 is 0. The summed E-state index contributed by atoms with van der Waals surface area (Å²) < 4.78 is 30.8. The first kappa shape index (κ1) is 19.5. The molecule has 28 heavy (non-hydrogen) atoms. The first-order chi connectivity index (χ1) is 13.4. The molecule has 3 rings (SSSR count). The van der Waals surface area contributed by atoms with Gasteiger partial charge in [0.15, 0.2) is 0 Å². The van der Waals surface area contributed by atoms with E-state index in [4.69, 9.17) is 0 Å². The third-order valence-corrected chi connectivity index (χ3v) is 4.34. The minimum atomic E-state index is -2.87. The Bertz CT molecular complexity index is 1030. The number of benzene rings is 2. The van der Waals surface area contributed by atoms with E-state index >= 15 is 0 Å². The molecule has 0 bridgehead atoms. The van der Waals surface area contributed by atoms with Gasteiger partial charge in [0.1, 0.15) is 11.6 Å². The molecule has 0 saturated carbocycles. The van der Waals surface area contributed by atoms with Crippen LogP contribution in [0.1, 0.15) is 35.6 Å². The lowest BCUT2D eigenvalue weighted by atomic mass is 10.1. The van der Waals surface area contributed by atoms with Gasteiger partial charge in [-0.05, 0) is 68.8 Å². The van der Waals surface area contributed by atoms with Crippen molar-refractivity contribution in [2.45, 2.75) is 33.9 Å². The van der Waals surface area contributed by atoms with Crippen LogP contribution in [0.4, 0.5) is 8.78 Å². The van der Waals surface area contributed by atoms with Gasteiger partial charge in [-0.1, -0.05) is 0 Å². The van der Waals surface area contributed by atoms with Crippen LogP contribution in [-0.2, 0) is 6.54 Å². The topological polar surface area (TPSA) is 68.5 Å². The number of aromatic nitrogens is 2. The summed E-state index contributed by atoms with van der Waals surface area (Å²) in [6, 6.07) is 11.3. The number of nitrogens with one attached hydrogen (secondary N) is 1. The number of hydrogen-bond donors (Lipinski definition) is 1. The molecular weight excluding hydrogens is 366 g/mol. The normalized spacial score (nSPS) is 11.9. The molecule has 0 aliphatic heterocycles. The van der Waals surface area contributed by atoms with Crippen molar-refractivity contribution in [1.29, 1.82) is 0 Å². The molecule has 0 fully saturated rings. The van der Waals surface area contributed by atoms with Crippen LogP contribution in [0, 0.1) is 6.92 Å². The zero-order chi connectivity index (χ0) is 20.3. The molecule has 8 heteroatoms. The van der Waals surface area contributed by atoms with Crippen LogP contribution < -0.4 is 10.2 Å². The van der Waals surface area contributed by atoms with Crippen molar-refractivity contribution in [3.63, 3.8) is 0 Å². The number of ether oxygens (including phenoxy) is 1. The average molecular weight is 386 g/mol. The van der Waals surface area contributed by atoms with Gasteiger partial charge in [-0.15, -0.1) is 0 Å². The quantitative estimate of drug-likeness (QED) is 0.512. The number of hydrogen-bond acceptors (Lipinski definition) is 4. The number of imidazole rings is 1. The lowest BCUT2D eigenvalue weighted by Gasteiger charge is -2.06. The van der Waals surface area contributed by atoms with Gasteiger partial charge >= 0.3 is 6.61 Å². The molecule has 0 atom stereocenters. The van der Waals surface area contributed by atoms with E-state index in [1.807, 2.05) is 19.9 Å². The zero-order valence-electron chi connectivity index (χ0n) is 15.7. The lowest BCUT2D eigenvalue weighted by molar-refractivity contribution is -0.0498. The molecule has 0 aliphatic rings. The van der Waals surface area contributed by atoms with Crippen LogP contribution in [-0.4, -0.2) is 27.8 Å². The molecule has 1 amide bonds. The Morgan fingerprint density at radius 2 is 1.89 bits per heavy atom. The molecule has 3 aromatic rings. The Hall–Kier alpha value is -3.29. The predicted octanol–water partition coefficient (Wildman–Crippen LogP) is 4.12. The summed E-state index contributed by atoms with van der Waals surface area (Å²) in [5, 5.41) is 4.08. The first-order valence-corrected chi connectivity index (χ1v) is 8.75. The Kier molecular flexibility index (Phi) is 5.67. The maximum absolute atomic E-state index is 12.4. The average Bonchev–Trinajstić information content (AvgIpc) is 2.99. The van der Waals surface area contributed by atoms with Crippen LogP contribution in [0.5, 0.6) is 5.75 Å². The highest BCUT2D eigenvalue weighted by Crippen LogP contribution is 2.18. The number of carbonyl (C=O) groups excluding carboxylic acids is 1. The second kappa shape index (κ2) is 8.16. The molecule has 1 aromatic heterocycles. The van der Waals surface area contributed by atoms with Crippen molar-refractivity contribution < 1.29 is 18.3 Å². The van der Waals surface area contributed by atoms with E-state index in [0.29, 0.717) is 16.8 Å². The third-order valence-electron chi connectivity index (χ3n) is 4.34. The molecule has 0 aliphatic carbocycles. The third kappa shape index (κ3) is 4.16. The highest BCUT2D eigenvalue weighted by atomic mass is 19.3. The van der Waals surface area contributed by atoms with Crippen LogP contribution in [0.3, 0.4) is 0 Å². The first-order valence-electron chi connectivity index (χ1n) is 8.75. The van der Waals surface area contributed by atoms with E-state index in [0.717, 1.165) is 23.4 Å². The maximum atomic E-state index is 12.4. The Morgan fingerprint density at radius 3 is 2.54 bits per heavy atom. The summed E-state index contributed by atoms with van der Waals surface area (Å²) in [5.74, 6) is 0.594. The number of fused-ring (bicyclic) bond motifs is 1. The summed E-state index contributed by atoms with van der Waals surface area (Å²) in [4.78, 5) is 16.9. The fourth-order valence-electron chi connectivity index (χ4n) is 2.93. The largest absolute Gasteiger partial charge is 0.435 e. The Balaban J connectivity index is 1.72. The highest BCUT2D eigenvalue weighted by Gasteiger charge is 2.11. The minimum Gasteiger partial charge on any atom is -0.435 e. The zero-order valence-corrected chi connectivity index (χ0v) is 15.7. The number of rotatable bonds is 6. The highest BCUT2D eigenvalue weighted by molar-refractivity contribution is 6.01. The number of hydrazone groups is 1. The van der Waals surface area contributed by atoms with Gasteiger partial charge in [0, 0.05) is 12.1 Å². The number of alkyl halides is 2. The molecule has 0 unspecified atom stereocenters.